The van der Waals surface area contributed by atoms with Crippen molar-refractivity contribution in [3.8, 4) is 11.5 Å². The second kappa shape index (κ2) is 12.6. The van der Waals surface area contributed by atoms with Crippen LogP contribution in [0.2, 0.25) is 0 Å². The van der Waals surface area contributed by atoms with E-state index < -0.39 is 0 Å². The number of halogens is 1. The second-order valence-corrected chi connectivity index (χ2v) is 7.19. The van der Waals surface area contributed by atoms with Gasteiger partial charge < -0.3 is 20.1 Å². The summed E-state index contributed by atoms with van der Waals surface area (Å²) >= 11 is 0. The first-order valence-electron chi connectivity index (χ1n) is 10.3. The molecule has 1 fully saturated rings. The molecule has 3 rings (SSSR count). The summed E-state index contributed by atoms with van der Waals surface area (Å²) in [5, 5.41) is 6.62. The van der Waals surface area contributed by atoms with Gasteiger partial charge in [-0.05, 0) is 56.1 Å². The normalized spacial score (nSPS) is 14.2. The van der Waals surface area contributed by atoms with Crippen LogP contribution in [0, 0.1) is 0 Å². The summed E-state index contributed by atoms with van der Waals surface area (Å²) in [7, 11) is 3.27. The van der Waals surface area contributed by atoms with Crippen molar-refractivity contribution in [2.45, 2.75) is 32.9 Å². The van der Waals surface area contributed by atoms with Crippen LogP contribution in [0.25, 0.3) is 0 Å². The molecule has 2 aromatic carbocycles. The number of methoxy groups -OCH3 is 2. The first-order chi connectivity index (χ1) is 14.2. The predicted octanol–water partition coefficient (Wildman–Crippen LogP) is 4.50. The molecular formula is C23H33IN4O2. The SMILES string of the molecule is CCNC(=NCc1ccc(CN2CCCC2)cc1)Nc1ccc(OC)c(OC)c1.I. The Morgan fingerprint density at radius 1 is 0.967 bits per heavy atom. The number of guanidine groups is 1. The van der Waals surface area contributed by atoms with E-state index >= 15 is 0 Å². The lowest BCUT2D eigenvalue weighted by Crippen LogP contribution is -2.30. The van der Waals surface area contributed by atoms with Crippen LogP contribution in [0.5, 0.6) is 11.5 Å². The number of hydrogen-bond donors (Lipinski definition) is 2. The second-order valence-electron chi connectivity index (χ2n) is 7.19. The molecule has 1 heterocycles. The van der Waals surface area contributed by atoms with Gasteiger partial charge in [0.25, 0.3) is 0 Å². The maximum Gasteiger partial charge on any atom is 0.196 e. The van der Waals surface area contributed by atoms with E-state index in [4.69, 9.17) is 14.5 Å². The minimum Gasteiger partial charge on any atom is -0.493 e. The third-order valence-corrected chi connectivity index (χ3v) is 5.04. The fourth-order valence-corrected chi connectivity index (χ4v) is 3.48. The molecule has 0 aliphatic carbocycles. The first-order valence-corrected chi connectivity index (χ1v) is 10.3. The van der Waals surface area contributed by atoms with Gasteiger partial charge in [-0.1, -0.05) is 24.3 Å². The van der Waals surface area contributed by atoms with Crippen LogP contribution in [-0.4, -0.2) is 44.7 Å². The van der Waals surface area contributed by atoms with Gasteiger partial charge in [-0.25, -0.2) is 4.99 Å². The Morgan fingerprint density at radius 2 is 1.63 bits per heavy atom. The van der Waals surface area contributed by atoms with Gasteiger partial charge in [0.2, 0.25) is 0 Å². The number of hydrogen-bond acceptors (Lipinski definition) is 4. The van der Waals surface area contributed by atoms with Crippen molar-refractivity contribution < 1.29 is 9.47 Å². The largest absolute Gasteiger partial charge is 0.493 e. The van der Waals surface area contributed by atoms with Gasteiger partial charge in [0, 0.05) is 24.8 Å². The Labute approximate surface area is 197 Å². The lowest BCUT2D eigenvalue weighted by atomic mass is 10.1. The van der Waals surface area contributed by atoms with E-state index in [-0.39, 0.29) is 24.0 Å². The van der Waals surface area contributed by atoms with Crippen LogP contribution in [0.15, 0.2) is 47.5 Å². The minimum atomic E-state index is 0. The Balaban J connectivity index is 0.00000320. The molecule has 0 unspecified atom stereocenters. The fourth-order valence-electron chi connectivity index (χ4n) is 3.48. The molecule has 164 valence electrons. The van der Waals surface area contributed by atoms with E-state index in [2.05, 4.69) is 46.7 Å². The van der Waals surface area contributed by atoms with Crippen molar-refractivity contribution in [2.24, 2.45) is 4.99 Å². The molecule has 7 heteroatoms. The van der Waals surface area contributed by atoms with Crippen molar-refractivity contribution >= 4 is 35.6 Å². The summed E-state index contributed by atoms with van der Waals surface area (Å²) in [6.07, 6.45) is 2.65. The zero-order valence-electron chi connectivity index (χ0n) is 18.1. The van der Waals surface area contributed by atoms with E-state index in [1.54, 1.807) is 14.2 Å². The Hall–Kier alpha value is -2.00. The van der Waals surface area contributed by atoms with Gasteiger partial charge in [0.05, 0.1) is 20.8 Å². The Kier molecular flexibility index (Phi) is 10.2. The third-order valence-electron chi connectivity index (χ3n) is 5.04. The van der Waals surface area contributed by atoms with Gasteiger partial charge in [0.15, 0.2) is 17.5 Å². The quantitative estimate of drug-likeness (QED) is 0.303. The van der Waals surface area contributed by atoms with E-state index in [0.29, 0.717) is 18.0 Å². The molecule has 0 saturated carbocycles. The molecule has 0 atom stereocenters. The molecule has 1 saturated heterocycles. The van der Waals surface area contributed by atoms with Crippen LogP contribution in [-0.2, 0) is 13.1 Å². The van der Waals surface area contributed by atoms with Crippen LogP contribution in [0.3, 0.4) is 0 Å². The average molecular weight is 524 g/mol. The smallest absolute Gasteiger partial charge is 0.196 e. The molecule has 0 bridgehead atoms. The highest BCUT2D eigenvalue weighted by molar-refractivity contribution is 14.0. The van der Waals surface area contributed by atoms with Crippen LogP contribution < -0.4 is 20.1 Å². The number of ether oxygens (including phenoxy) is 2. The maximum absolute atomic E-state index is 5.38. The van der Waals surface area contributed by atoms with Crippen LogP contribution in [0.4, 0.5) is 5.69 Å². The predicted molar refractivity (Wildman–Crippen MR) is 134 cm³/mol. The molecule has 2 aromatic rings. The number of nitrogens with one attached hydrogen (secondary N) is 2. The summed E-state index contributed by atoms with van der Waals surface area (Å²) in [5.41, 5.74) is 3.46. The van der Waals surface area contributed by atoms with E-state index in [1.807, 2.05) is 18.2 Å². The number of aliphatic imine (C=N–C) groups is 1. The van der Waals surface area contributed by atoms with Gasteiger partial charge >= 0.3 is 0 Å². The Morgan fingerprint density at radius 3 is 2.27 bits per heavy atom. The van der Waals surface area contributed by atoms with Crippen molar-refractivity contribution in [3.05, 3.63) is 53.6 Å². The monoisotopic (exact) mass is 524 g/mol. The lowest BCUT2D eigenvalue weighted by molar-refractivity contribution is 0.331. The molecule has 0 spiro atoms. The molecule has 6 nitrogen and oxygen atoms in total. The molecule has 30 heavy (non-hydrogen) atoms. The van der Waals surface area contributed by atoms with Crippen molar-refractivity contribution in [1.82, 2.24) is 10.2 Å². The number of nitrogens with zero attached hydrogens (tertiary/aromatic N) is 2. The van der Waals surface area contributed by atoms with Crippen molar-refractivity contribution in [2.75, 3.05) is 39.2 Å². The highest BCUT2D eigenvalue weighted by atomic mass is 127. The van der Waals surface area contributed by atoms with Crippen LogP contribution >= 0.6 is 24.0 Å². The van der Waals surface area contributed by atoms with Crippen LogP contribution in [0.1, 0.15) is 30.9 Å². The van der Waals surface area contributed by atoms with E-state index in [1.165, 1.54) is 37.1 Å². The minimum absolute atomic E-state index is 0. The summed E-state index contributed by atoms with van der Waals surface area (Å²) in [4.78, 5) is 7.24. The number of anilines is 1. The highest BCUT2D eigenvalue weighted by Gasteiger charge is 2.11. The molecular weight excluding hydrogens is 491 g/mol. The lowest BCUT2D eigenvalue weighted by Gasteiger charge is -2.15. The maximum atomic E-state index is 5.38. The molecule has 1 aliphatic heterocycles. The summed E-state index contributed by atoms with van der Waals surface area (Å²) in [5.74, 6) is 2.12. The molecule has 1 aliphatic rings. The standard InChI is InChI=1S/C23H32N4O2.HI/c1-4-24-23(26-20-11-12-21(28-2)22(15-20)29-3)25-16-18-7-9-19(10-8-18)17-27-13-5-6-14-27;/h7-12,15H,4-6,13-14,16-17H2,1-3H3,(H2,24,25,26);1H. The third kappa shape index (κ3) is 7.05. The number of likely N-dealkylation sites (tertiary alicyclic amines) is 1. The highest BCUT2D eigenvalue weighted by Crippen LogP contribution is 2.29. The zero-order chi connectivity index (χ0) is 20.5. The Bertz CT molecular complexity index is 805. The topological polar surface area (TPSA) is 58.1 Å². The zero-order valence-corrected chi connectivity index (χ0v) is 20.4. The number of rotatable bonds is 8. The summed E-state index contributed by atoms with van der Waals surface area (Å²) < 4.78 is 10.7. The van der Waals surface area contributed by atoms with Gasteiger partial charge in [-0.2, -0.15) is 0 Å². The fraction of sp³-hybridized carbons (Fsp3) is 0.435. The van der Waals surface area contributed by atoms with Gasteiger partial charge in [-0.15, -0.1) is 24.0 Å². The van der Waals surface area contributed by atoms with E-state index in [0.717, 1.165) is 24.7 Å². The van der Waals surface area contributed by atoms with Crippen molar-refractivity contribution in [3.63, 3.8) is 0 Å². The van der Waals surface area contributed by atoms with Gasteiger partial charge in [-0.3, -0.25) is 4.90 Å². The first kappa shape index (κ1) is 24.3. The number of benzene rings is 2. The average Bonchev–Trinajstić information content (AvgIpc) is 3.26. The summed E-state index contributed by atoms with van der Waals surface area (Å²) in [6.45, 7) is 6.95. The molecule has 2 N–H and O–H groups in total. The molecule has 0 amide bonds. The molecule has 0 aromatic heterocycles. The van der Waals surface area contributed by atoms with Crippen molar-refractivity contribution in [1.29, 1.82) is 0 Å². The van der Waals surface area contributed by atoms with Gasteiger partial charge in [0.1, 0.15) is 0 Å². The summed E-state index contributed by atoms with van der Waals surface area (Å²) in [6, 6.07) is 14.5. The molecule has 0 radical (unpaired) electrons. The van der Waals surface area contributed by atoms with E-state index in [9.17, 15) is 0 Å².